The van der Waals surface area contributed by atoms with Gasteiger partial charge in [0, 0.05) is 11.1 Å². The molecule has 28 heavy (non-hydrogen) atoms. The molecule has 5 rings (SSSR count). The van der Waals surface area contributed by atoms with Crippen LogP contribution in [0.15, 0.2) is 97.1 Å². The van der Waals surface area contributed by atoms with Crippen molar-refractivity contribution < 1.29 is 14.9 Å². The highest BCUT2D eigenvalue weighted by Gasteiger charge is 2.45. The molecule has 1 heterocycles. The predicted molar refractivity (Wildman–Crippen MR) is 108 cm³/mol. The van der Waals surface area contributed by atoms with Gasteiger partial charge in [0.1, 0.15) is 23.0 Å². The normalized spacial score (nSPS) is 13.9. The second-order valence-corrected chi connectivity index (χ2v) is 6.95. The van der Waals surface area contributed by atoms with Crippen LogP contribution >= 0.6 is 0 Å². The van der Waals surface area contributed by atoms with E-state index in [2.05, 4.69) is 24.3 Å². The van der Waals surface area contributed by atoms with Crippen molar-refractivity contribution in [1.82, 2.24) is 0 Å². The Morgan fingerprint density at radius 2 is 0.964 bits per heavy atom. The lowest BCUT2D eigenvalue weighted by Gasteiger charge is -2.41. The van der Waals surface area contributed by atoms with Crippen molar-refractivity contribution in [1.29, 1.82) is 0 Å². The molecule has 0 spiro atoms. The maximum absolute atomic E-state index is 10.3. The van der Waals surface area contributed by atoms with Crippen molar-refractivity contribution in [2.75, 3.05) is 0 Å². The Kier molecular flexibility index (Phi) is 3.63. The molecule has 0 saturated carbocycles. The number of phenolic OH excluding ortho intramolecular Hbond substituents is 2. The van der Waals surface area contributed by atoms with Crippen LogP contribution in [0.1, 0.15) is 22.3 Å². The van der Waals surface area contributed by atoms with Crippen LogP contribution in [-0.2, 0) is 5.41 Å². The fraction of sp³-hybridized carbons (Fsp3) is 0.0400. The smallest absolute Gasteiger partial charge is 0.132 e. The van der Waals surface area contributed by atoms with Crippen LogP contribution in [-0.4, -0.2) is 10.2 Å². The highest BCUT2D eigenvalue weighted by atomic mass is 16.5. The monoisotopic (exact) mass is 366 g/mol. The van der Waals surface area contributed by atoms with Gasteiger partial charge in [-0.05, 0) is 47.5 Å². The summed E-state index contributed by atoms with van der Waals surface area (Å²) in [6.45, 7) is 0. The molecule has 0 radical (unpaired) electrons. The van der Waals surface area contributed by atoms with Gasteiger partial charge in [0.05, 0.1) is 5.41 Å². The molecular formula is C25H18O3. The average molecular weight is 366 g/mol. The van der Waals surface area contributed by atoms with Gasteiger partial charge >= 0.3 is 0 Å². The number of hydrogen-bond donors (Lipinski definition) is 2. The van der Waals surface area contributed by atoms with E-state index in [1.807, 2.05) is 36.4 Å². The van der Waals surface area contributed by atoms with Crippen LogP contribution in [0.25, 0.3) is 0 Å². The third kappa shape index (κ3) is 2.30. The molecule has 0 aliphatic carbocycles. The van der Waals surface area contributed by atoms with Gasteiger partial charge in [0.25, 0.3) is 0 Å². The van der Waals surface area contributed by atoms with Crippen LogP contribution in [0.2, 0.25) is 0 Å². The van der Waals surface area contributed by atoms with Crippen molar-refractivity contribution in [2.45, 2.75) is 5.41 Å². The zero-order chi connectivity index (χ0) is 19.1. The third-order valence-electron chi connectivity index (χ3n) is 5.37. The fourth-order valence-electron chi connectivity index (χ4n) is 4.23. The largest absolute Gasteiger partial charge is 0.508 e. The molecule has 0 bridgehead atoms. The maximum Gasteiger partial charge on any atom is 0.132 e. The molecule has 1 aliphatic rings. The van der Waals surface area contributed by atoms with Gasteiger partial charge in [0.15, 0.2) is 0 Å². The van der Waals surface area contributed by atoms with Gasteiger partial charge in [-0.2, -0.15) is 0 Å². The molecule has 0 amide bonds. The van der Waals surface area contributed by atoms with Crippen LogP contribution in [0.5, 0.6) is 23.0 Å². The van der Waals surface area contributed by atoms with Gasteiger partial charge in [0.2, 0.25) is 0 Å². The zero-order valence-corrected chi connectivity index (χ0v) is 15.0. The van der Waals surface area contributed by atoms with E-state index in [1.165, 1.54) is 0 Å². The van der Waals surface area contributed by atoms with Crippen LogP contribution in [0.4, 0.5) is 0 Å². The quantitative estimate of drug-likeness (QED) is 0.428. The van der Waals surface area contributed by atoms with Crippen molar-refractivity contribution in [3.8, 4) is 23.0 Å². The first kappa shape index (κ1) is 16.5. The second kappa shape index (κ2) is 6.17. The first-order chi connectivity index (χ1) is 13.7. The van der Waals surface area contributed by atoms with Crippen LogP contribution in [0.3, 0.4) is 0 Å². The SMILES string of the molecule is Oc1ccc2c(c1)C(c1ccccc1)(c1ccccc1)c1cc(O)ccc1O2. The fourth-order valence-corrected chi connectivity index (χ4v) is 4.23. The highest BCUT2D eigenvalue weighted by molar-refractivity contribution is 5.70. The van der Waals surface area contributed by atoms with E-state index in [9.17, 15) is 10.2 Å². The summed E-state index contributed by atoms with van der Waals surface area (Å²) < 4.78 is 6.16. The first-order valence-electron chi connectivity index (χ1n) is 9.15. The van der Waals surface area contributed by atoms with Crippen LogP contribution < -0.4 is 4.74 Å². The minimum Gasteiger partial charge on any atom is -0.508 e. The Bertz CT molecular complexity index is 1060. The summed E-state index contributed by atoms with van der Waals surface area (Å²) in [7, 11) is 0. The number of fused-ring (bicyclic) bond motifs is 2. The van der Waals surface area contributed by atoms with Crippen molar-refractivity contribution >= 4 is 0 Å². The Balaban J connectivity index is 1.99. The molecule has 0 saturated heterocycles. The van der Waals surface area contributed by atoms with Crippen molar-refractivity contribution in [3.05, 3.63) is 119 Å². The Labute approximate surface area is 163 Å². The van der Waals surface area contributed by atoms with Gasteiger partial charge in [-0.3, -0.25) is 0 Å². The summed E-state index contributed by atoms with van der Waals surface area (Å²) in [5.41, 5.74) is 3.00. The van der Waals surface area contributed by atoms with Crippen molar-refractivity contribution in [3.63, 3.8) is 0 Å². The molecule has 2 N–H and O–H groups in total. The van der Waals surface area contributed by atoms with E-state index in [0.29, 0.717) is 11.5 Å². The Hall–Kier alpha value is -3.72. The number of rotatable bonds is 2. The van der Waals surface area contributed by atoms with E-state index in [1.54, 1.807) is 36.4 Å². The molecule has 4 aromatic carbocycles. The van der Waals surface area contributed by atoms with Crippen LogP contribution in [0, 0.1) is 0 Å². The molecule has 3 nitrogen and oxygen atoms in total. The highest BCUT2D eigenvalue weighted by Crippen LogP contribution is 2.56. The Morgan fingerprint density at radius 3 is 1.39 bits per heavy atom. The molecule has 0 aromatic heterocycles. The van der Waals surface area contributed by atoms with E-state index >= 15 is 0 Å². The van der Waals surface area contributed by atoms with E-state index in [0.717, 1.165) is 22.3 Å². The van der Waals surface area contributed by atoms with Gasteiger partial charge in [-0.15, -0.1) is 0 Å². The second-order valence-electron chi connectivity index (χ2n) is 6.95. The van der Waals surface area contributed by atoms with E-state index in [-0.39, 0.29) is 11.5 Å². The van der Waals surface area contributed by atoms with E-state index < -0.39 is 5.41 Å². The lowest BCUT2D eigenvalue weighted by molar-refractivity contribution is 0.421. The molecule has 4 aromatic rings. The lowest BCUT2D eigenvalue weighted by atomic mass is 9.63. The molecule has 136 valence electrons. The molecule has 0 atom stereocenters. The molecular weight excluding hydrogens is 348 g/mol. The van der Waals surface area contributed by atoms with Gasteiger partial charge in [-0.1, -0.05) is 60.7 Å². The Morgan fingerprint density at radius 1 is 0.536 bits per heavy atom. The summed E-state index contributed by atoms with van der Waals surface area (Å²) in [6.07, 6.45) is 0. The number of phenols is 2. The zero-order valence-electron chi connectivity index (χ0n) is 15.0. The number of hydrogen-bond acceptors (Lipinski definition) is 3. The topological polar surface area (TPSA) is 49.7 Å². The third-order valence-corrected chi connectivity index (χ3v) is 5.37. The number of ether oxygens (including phenoxy) is 1. The standard InChI is InChI=1S/C25H18O3/c26-19-11-13-23-21(15-19)25(17-7-3-1-4-8-17,18-9-5-2-6-10-18)22-16-20(27)12-14-24(22)28-23/h1-16,26-27H. The summed E-state index contributed by atoms with van der Waals surface area (Å²) in [5.74, 6) is 1.71. The summed E-state index contributed by atoms with van der Waals surface area (Å²) >= 11 is 0. The average Bonchev–Trinajstić information content (AvgIpc) is 2.74. The molecule has 0 fully saturated rings. The van der Waals surface area contributed by atoms with Gasteiger partial charge in [-0.25, -0.2) is 0 Å². The molecule has 0 unspecified atom stereocenters. The lowest BCUT2D eigenvalue weighted by Crippen LogP contribution is -2.34. The number of aromatic hydroxyl groups is 2. The minimum atomic E-state index is -0.733. The summed E-state index contributed by atoms with van der Waals surface area (Å²) in [4.78, 5) is 0. The number of benzene rings is 4. The minimum absolute atomic E-state index is 0.169. The predicted octanol–water partition coefficient (Wildman–Crippen LogP) is 5.59. The molecule has 3 heteroatoms. The summed E-state index contributed by atoms with van der Waals surface area (Å²) in [5, 5.41) is 20.6. The summed E-state index contributed by atoms with van der Waals surface area (Å²) in [6, 6.07) is 30.6. The van der Waals surface area contributed by atoms with Gasteiger partial charge < -0.3 is 14.9 Å². The molecule has 1 aliphatic heterocycles. The maximum atomic E-state index is 10.3. The van der Waals surface area contributed by atoms with E-state index in [4.69, 9.17) is 4.74 Å². The van der Waals surface area contributed by atoms with Crippen molar-refractivity contribution in [2.24, 2.45) is 0 Å². The first-order valence-corrected chi connectivity index (χ1v) is 9.15.